The molecule has 1 unspecified atom stereocenters. The average Bonchev–Trinajstić information content (AvgIpc) is 2.35. The van der Waals surface area contributed by atoms with Crippen LogP contribution >= 0.6 is 0 Å². The van der Waals surface area contributed by atoms with E-state index in [0.717, 1.165) is 19.3 Å². The van der Waals surface area contributed by atoms with Crippen LogP contribution in [0.25, 0.3) is 0 Å². The Kier molecular flexibility index (Phi) is 3.78. The summed E-state index contributed by atoms with van der Waals surface area (Å²) in [5.74, 6) is 0.242. The maximum atomic E-state index is 11.3. The summed E-state index contributed by atoms with van der Waals surface area (Å²) < 4.78 is 22.7. The first-order valence-corrected chi connectivity index (χ1v) is 8.45. The summed E-state index contributed by atoms with van der Waals surface area (Å²) in [7, 11) is -2.90. The molecule has 0 amide bonds. The number of rotatable bonds is 4. The van der Waals surface area contributed by atoms with Crippen molar-refractivity contribution in [2.24, 2.45) is 11.1 Å². The minimum atomic E-state index is -2.90. The number of benzene rings is 1. The molecule has 0 heterocycles. The molecule has 4 heteroatoms. The van der Waals surface area contributed by atoms with Crippen molar-refractivity contribution in [3.63, 3.8) is 0 Å². The summed E-state index contributed by atoms with van der Waals surface area (Å²) in [6, 6.07) is 8.40. The standard InChI is InChI=1S/C14H21NO2S/c1-18(16,17)9-8-14(11-15)7-6-12-4-2-3-5-13(12)10-14/h2-5H,6-11,15H2,1H3. The Morgan fingerprint density at radius 3 is 2.56 bits per heavy atom. The van der Waals surface area contributed by atoms with E-state index in [2.05, 4.69) is 18.2 Å². The monoisotopic (exact) mass is 267 g/mol. The molecule has 0 aromatic heterocycles. The highest BCUT2D eigenvalue weighted by atomic mass is 32.2. The zero-order valence-electron chi connectivity index (χ0n) is 10.9. The van der Waals surface area contributed by atoms with E-state index in [1.165, 1.54) is 17.4 Å². The lowest BCUT2D eigenvalue weighted by Crippen LogP contribution is -2.38. The van der Waals surface area contributed by atoms with Gasteiger partial charge in [-0.2, -0.15) is 0 Å². The van der Waals surface area contributed by atoms with Gasteiger partial charge in [-0.3, -0.25) is 0 Å². The summed E-state index contributed by atoms with van der Waals surface area (Å²) in [6.45, 7) is 0.566. The maximum absolute atomic E-state index is 11.3. The van der Waals surface area contributed by atoms with Gasteiger partial charge in [0.15, 0.2) is 0 Å². The van der Waals surface area contributed by atoms with Crippen LogP contribution in [-0.4, -0.2) is 27.0 Å². The Labute approximate surface area is 109 Å². The SMILES string of the molecule is CS(=O)(=O)CCC1(CN)CCc2ccccc2C1. The molecule has 1 aliphatic carbocycles. The van der Waals surface area contributed by atoms with Crippen molar-refractivity contribution < 1.29 is 8.42 Å². The molecule has 1 atom stereocenters. The van der Waals surface area contributed by atoms with Gasteiger partial charge in [-0.05, 0) is 48.8 Å². The zero-order chi connectivity index (χ0) is 13.2. The number of hydrogen-bond acceptors (Lipinski definition) is 3. The second-order valence-electron chi connectivity index (χ2n) is 5.53. The van der Waals surface area contributed by atoms with E-state index in [9.17, 15) is 8.42 Å². The topological polar surface area (TPSA) is 60.2 Å². The van der Waals surface area contributed by atoms with Crippen LogP contribution in [0.5, 0.6) is 0 Å². The quantitative estimate of drug-likeness (QED) is 0.900. The van der Waals surface area contributed by atoms with Crippen molar-refractivity contribution in [3.05, 3.63) is 35.4 Å². The van der Waals surface area contributed by atoms with Crippen molar-refractivity contribution in [1.29, 1.82) is 0 Å². The second kappa shape index (κ2) is 5.02. The van der Waals surface area contributed by atoms with Crippen LogP contribution in [-0.2, 0) is 22.7 Å². The molecule has 0 fully saturated rings. The van der Waals surface area contributed by atoms with Gasteiger partial charge in [0.1, 0.15) is 9.84 Å². The molecule has 0 spiro atoms. The molecule has 3 nitrogen and oxygen atoms in total. The Morgan fingerprint density at radius 1 is 1.28 bits per heavy atom. The van der Waals surface area contributed by atoms with Crippen LogP contribution in [0.4, 0.5) is 0 Å². The van der Waals surface area contributed by atoms with Gasteiger partial charge in [0.2, 0.25) is 0 Å². The highest BCUT2D eigenvalue weighted by Gasteiger charge is 2.33. The van der Waals surface area contributed by atoms with Crippen molar-refractivity contribution in [3.8, 4) is 0 Å². The fourth-order valence-electron chi connectivity index (χ4n) is 2.76. The van der Waals surface area contributed by atoms with Gasteiger partial charge in [0.05, 0.1) is 5.75 Å². The van der Waals surface area contributed by atoms with E-state index in [-0.39, 0.29) is 11.2 Å². The highest BCUT2D eigenvalue weighted by Crippen LogP contribution is 2.37. The maximum Gasteiger partial charge on any atom is 0.147 e. The fourth-order valence-corrected chi connectivity index (χ4v) is 3.56. The Bertz CT molecular complexity index is 524. The van der Waals surface area contributed by atoms with Crippen molar-refractivity contribution >= 4 is 9.84 Å². The Morgan fingerprint density at radius 2 is 1.94 bits per heavy atom. The van der Waals surface area contributed by atoms with Gasteiger partial charge < -0.3 is 5.73 Å². The summed E-state index contributed by atoms with van der Waals surface area (Å²) in [4.78, 5) is 0. The molecular formula is C14H21NO2S. The third kappa shape index (κ3) is 3.12. The van der Waals surface area contributed by atoms with E-state index in [0.29, 0.717) is 13.0 Å². The third-order valence-electron chi connectivity index (χ3n) is 4.04. The Balaban J connectivity index is 2.16. The van der Waals surface area contributed by atoms with E-state index >= 15 is 0 Å². The van der Waals surface area contributed by atoms with Crippen LogP contribution in [0.2, 0.25) is 0 Å². The molecule has 2 rings (SSSR count). The molecule has 0 bridgehead atoms. The number of aryl methyl sites for hydroxylation is 1. The predicted molar refractivity (Wildman–Crippen MR) is 74.3 cm³/mol. The molecule has 1 aromatic carbocycles. The summed E-state index contributed by atoms with van der Waals surface area (Å²) >= 11 is 0. The van der Waals surface area contributed by atoms with Crippen LogP contribution in [0.1, 0.15) is 24.0 Å². The van der Waals surface area contributed by atoms with Gasteiger partial charge in [-0.15, -0.1) is 0 Å². The first kappa shape index (κ1) is 13.6. The average molecular weight is 267 g/mol. The van der Waals surface area contributed by atoms with Crippen LogP contribution in [0, 0.1) is 5.41 Å². The number of sulfone groups is 1. The lowest BCUT2D eigenvalue weighted by Gasteiger charge is -2.37. The lowest BCUT2D eigenvalue weighted by atomic mass is 9.70. The van der Waals surface area contributed by atoms with E-state index in [4.69, 9.17) is 5.73 Å². The van der Waals surface area contributed by atoms with Crippen LogP contribution in [0.15, 0.2) is 24.3 Å². The minimum Gasteiger partial charge on any atom is -0.330 e. The highest BCUT2D eigenvalue weighted by molar-refractivity contribution is 7.90. The number of fused-ring (bicyclic) bond motifs is 1. The number of nitrogens with two attached hydrogens (primary N) is 1. The normalized spacial score (nSPS) is 23.7. The first-order valence-electron chi connectivity index (χ1n) is 6.39. The summed E-state index contributed by atoms with van der Waals surface area (Å²) in [6.07, 6.45) is 4.90. The van der Waals surface area contributed by atoms with Crippen LogP contribution in [0.3, 0.4) is 0 Å². The largest absolute Gasteiger partial charge is 0.330 e. The minimum absolute atomic E-state index is 0.0303. The van der Waals surface area contributed by atoms with E-state index in [1.807, 2.05) is 6.07 Å². The molecule has 0 aliphatic heterocycles. The summed E-state index contributed by atoms with van der Waals surface area (Å²) in [5, 5.41) is 0. The van der Waals surface area contributed by atoms with Gasteiger partial charge in [-0.1, -0.05) is 24.3 Å². The Hall–Kier alpha value is -0.870. The molecule has 2 N–H and O–H groups in total. The fraction of sp³-hybridized carbons (Fsp3) is 0.571. The molecule has 18 heavy (non-hydrogen) atoms. The van der Waals surface area contributed by atoms with Gasteiger partial charge in [-0.25, -0.2) is 8.42 Å². The second-order valence-corrected chi connectivity index (χ2v) is 7.79. The lowest BCUT2D eigenvalue weighted by molar-refractivity contribution is 0.246. The number of hydrogen-bond donors (Lipinski definition) is 1. The first-order chi connectivity index (χ1) is 8.44. The third-order valence-corrected chi connectivity index (χ3v) is 4.99. The van der Waals surface area contributed by atoms with E-state index < -0.39 is 9.84 Å². The van der Waals surface area contributed by atoms with Crippen molar-refractivity contribution in [2.45, 2.75) is 25.7 Å². The smallest absolute Gasteiger partial charge is 0.147 e. The molecule has 0 radical (unpaired) electrons. The molecule has 0 saturated carbocycles. The molecule has 1 aromatic rings. The van der Waals surface area contributed by atoms with Gasteiger partial charge in [0, 0.05) is 6.26 Å². The molecule has 1 aliphatic rings. The molecular weight excluding hydrogens is 246 g/mol. The summed E-state index contributed by atoms with van der Waals surface area (Å²) in [5.41, 5.74) is 8.63. The van der Waals surface area contributed by atoms with Crippen molar-refractivity contribution in [2.75, 3.05) is 18.6 Å². The zero-order valence-corrected chi connectivity index (χ0v) is 11.7. The molecule has 100 valence electrons. The molecule has 0 saturated heterocycles. The van der Waals surface area contributed by atoms with Crippen LogP contribution < -0.4 is 5.73 Å². The van der Waals surface area contributed by atoms with Gasteiger partial charge >= 0.3 is 0 Å². The predicted octanol–water partition coefficient (Wildman–Crippen LogP) is 1.56. The van der Waals surface area contributed by atoms with Crippen molar-refractivity contribution in [1.82, 2.24) is 0 Å². The van der Waals surface area contributed by atoms with E-state index in [1.54, 1.807) is 0 Å². The van der Waals surface area contributed by atoms with Gasteiger partial charge in [0.25, 0.3) is 0 Å².